The van der Waals surface area contributed by atoms with Crippen LogP contribution in [0.1, 0.15) is 22.8 Å². The highest BCUT2D eigenvalue weighted by molar-refractivity contribution is 9.10. The molecule has 1 rings (SSSR count). The number of Topliss-reactive ketones (excluding diaryl/α,β-unsaturated/α-hetero) is 1. The van der Waals surface area contributed by atoms with E-state index in [9.17, 15) is 9.70 Å². The van der Waals surface area contributed by atoms with Crippen LogP contribution in [0.5, 0.6) is 0 Å². The summed E-state index contributed by atoms with van der Waals surface area (Å²) in [6.45, 7) is 1.57. The zero-order valence-electron chi connectivity index (χ0n) is 7.08. The molecule has 13 heavy (non-hydrogen) atoms. The molecule has 0 atom stereocenters. The molecule has 0 N–H and O–H groups in total. The van der Waals surface area contributed by atoms with Gasteiger partial charge in [0.15, 0.2) is 5.78 Å². The normalized spacial score (nSPS) is 9.69. The van der Waals surface area contributed by atoms with Gasteiger partial charge in [0.05, 0.1) is 0 Å². The number of hydrogen-bond acceptors (Lipinski definition) is 3. The van der Waals surface area contributed by atoms with Gasteiger partial charge in [0, 0.05) is 10.0 Å². The number of halogens is 1. The first-order valence-electron chi connectivity index (χ1n) is 3.73. The van der Waals surface area contributed by atoms with Crippen molar-refractivity contribution in [3.8, 4) is 0 Å². The fourth-order valence-corrected chi connectivity index (χ4v) is 1.36. The molecule has 0 aliphatic heterocycles. The Bertz CT molecular complexity index is 349. The standard InChI is InChI=1S/C9H8BrNO2/c1-6(12)7-2-3-9(10)8(4-7)5-11-13/h2-4H,5H2,1H3. The molecule has 1 aromatic carbocycles. The van der Waals surface area contributed by atoms with Crippen LogP contribution >= 0.6 is 15.9 Å². The molecule has 1 aromatic rings. The molecule has 0 aliphatic rings. The minimum Gasteiger partial charge on any atom is -0.295 e. The van der Waals surface area contributed by atoms with Crippen LogP contribution in [0.15, 0.2) is 27.8 Å². The van der Waals surface area contributed by atoms with E-state index in [0.29, 0.717) is 5.56 Å². The van der Waals surface area contributed by atoms with E-state index in [-0.39, 0.29) is 12.3 Å². The number of nitroso groups, excluding NO2 is 1. The molecule has 0 unspecified atom stereocenters. The lowest BCUT2D eigenvalue weighted by Gasteiger charge is -2.01. The van der Waals surface area contributed by atoms with Gasteiger partial charge in [-0.15, -0.1) is 0 Å². The average Bonchev–Trinajstić information content (AvgIpc) is 2.08. The minimum absolute atomic E-state index is 0.0142. The number of ketones is 1. The predicted octanol–water partition coefficient (Wildman–Crippen LogP) is 2.92. The largest absolute Gasteiger partial charge is 0.295 e. The van der Waals surface area contributed by atoms with Crippen molar-refractivity contribution in [2.75, 3.05) is 0 Å². The Balaban J connectivity index is 3.10. The molecule has 0 saturated carbocycles. The van der Waals surface area contributed by atoms with Crippen molar-refractivity contribution in [1.82, 2.24) is 0 Å². The van der Waals surface area contributed by atoms with E-state index in [1.807, 2.05) is 0 Å². The zero-order valence-corrected chi connectivity index (χ0v) is 8.67. The fraction of sp³-hybridized carbons (Fsp3) is 0.222. The summed E-state index contributed by atoms with van der Waals surface area (Å²) >= 11 is 3.27. The van der Waals surface area contributed by atoms with Crippen molar-refractivity contribution in [2.45, 2.75) is 13.5 Å². The van der Waals surface area contributed by atoms with Crippen LogP contribution in [0, 0.1) is 4.91 Å². The first kappa shape index (κ1) is 10.1. The molecule has 3 nitrogen and oxygen atoms in total. The van der Waals surface area contributed by atoms with Crippen molar-refractivity contribution in [2.24, 2.45) is 5.18 Å². The van der Waals surface area contributed by atoms with Crippen LogP contribution in [-0.2, 0) is 6.54 Å². The van der Waals surface area contributed by atoms with Gasteiger partial charge in [-0.1, -0.05) is 27.2 Å². The molecule has 0 saturated heterocycles. The summed E-state index contributed by atoms with van der Waals surface area (Å²) in [7, 11) is 0. The molecule has 68 valence electrons. The fourth-order valence-electron chi connectivity index (χ4n) is 0.984. The number of carbonyl (C=O) groups excluding carboxylic acids is 1. The van der Waals surface area contributed by atoms with E-state index < -0.39 is 0 Å². The van der Waals surface area contributed by atoms with Crippen LogP contribution in [0.4, 0.5) is 0 Å². The number of carbonyl (C=O) groups is 1. The smallest absolute Gasteiger partial charge is 0.159 e. The Morgan fingerprint density at radius 1 is 1.54 bits per heavy atom. The van der Waals surface area contributed by atoms with Crippen LogP contribution in [0.25, 0.3) is 0 Å². The maximum absolute atomic E-state index is 11.0. The number of hydrogen-bond donors (Lipinski definition) is 0. The Hall–Kier alpha value is -1.03. The van der Waals surface area contributed by atoms with Crippen molar-refractivity contribution < 1.29 is 4.79 Å². The molecular formula is C9H8BrNO2. The molecule has 0 heterocycles. The lowest BCUT2D eigenvalue weighted by molar-refractivity contribution is 0.101. The van der Waals surface area contributed by atoms with E-state index in [2.05, 4.69) is 21.1 Å². The Labute approximate surface area is 84.3 Å². The van der Waals surface area contributed by atoms with Crippen LogP contribution in [0.3, 0.4) is 0 Å². The Kier molecular flexibility index (Phi) is 3.31. The average molecular weight is 242 g/mol. The molecule has 0 amide bonds. The molecule has 0 fully saturated rings. The first-order valence-corrected chi connectivity index (χ1v) is 4.53. The third kappa shape index (κ3) is 2.45. The third-order valence-corrected chi connectivity index (χ3v) is 2.46. The van der Waals surface area contributed by atoms with E-state index in [4.69, 9.17) is 0 Å². The van der Waals surface area contributed by atoms with E-state index >= 15 is 0 Å². The van der Waals surface area contributed by atoms with Crippen molar-refractivity contribution in [3.63, 3.8) is 0 Å². The third-order valence-electron chi connectivity index (χ3n) is 1.69. The summed E-state index contributed by atoms with van der Waals surface area (Å²) < 4.78 is 0.803. The number of nitrogens with zero attached hydrogens (tertiary/aromatic N) is 1. The highest BCUT2D eigenvalue weighted by Crippen LogP contribution is 2.19. The van der Waals surface area contributed by atoms with Crippen molar-refractivity contribution in [1.29, 1.82) is 0 Å². The van der Waals surface area contributed by atoms with E-state index in [0.717, 1.165) is 10.0 Å². The quantitative estimate of drug-likeness (QED) is 0.604. The summed E-state index contributed by atoms with van der Waals surface area (Å²) in [5, 5.41) is 2.78. The molecule has 0 aliphatic carbocycles. The Morgan fingerprint density at radius 3 is 2.77 bits per heavy atom. The highest BCUT2D eigenvalue weighted by Gasteiger charge is 2.04. The van der Waals surface area contributed by atoms with Gasteiger partial charge in [0.1, 0.15) is 6.54 Å². The molecule has 4 heteroatoms. The maximum atomic E-state index is 11.0. The van der Waals surface area contributed by atoms with E-state index in [1.54, 1.807) is 18.2 Å². The van der Waals surface area contributed by atoms with Crippen molar-refractivity contribution >= 4 is 21.7 Å². The van der Waals surface area contributed by atoms with Crippen LogP contribution in [0.2, 0.25) is 0 Å². The number of benzene rings is 1. The lowest BCUT2D eigenvalue weighted by Crippen LogP contribution is -1.94. The lowest BCUT2D eigenvalue weighted by atomic mass is 10.1. The van der Waals surface area contributed by atoms with Gasteiger partial charge in [-0.3, -0.25) is 4.79 Å². The summed E-state index contributed by atoms with van der Waals surface area (Å²) in [5.74, 6) is -0.0142. The number of rotatable bonds is 3. The maximum Gasteiger partial charge on any atom is 0.159 e. The van der Waals surface area contributed by atoms with Gasteiger partial charge in [0.2, 0.25) is 0 Å². The topological polar surface area (TPSA) is 46.5 Å². The van der Waals surface area contributed by atoms with Gasteiger partial charge in [-0.05, 0) is 24.6 Å². The minimum atomic E-state index is -0.0142. The van der Waals surface area contributed by atoms with Crippen LogP contribution < -0.4 is 0 Å². The zero-order chi connectivity index (χ0) is 9.84. The highest BCUT2D eigenvalue weighted by atomic mass is 79.9. The summed E-state index contributed by atoms with van der Waals surface area (Å²) in [5.41, 5.74) is 1.34. The van der Waals surface area contributed by atoms with Gasteiger partial charge >= 0.3 is 0 Å². The van der Waals surface area contributed by atoms with Gasteiger partial charge in [-0.2, -0.15) is 4.91 Å². The summed E-state index contributed by atoms with van der Waals surface area (Å²) in [6, 6.07) is 5.13. The molecule has 0 spiro atoms. The SMILES string of the molecule is CC(=O)c1ccc(Br)c(CN=O)c1. The molecule has 0 aromatic heterocycles. The second kappa shape index (κ2) is 4.28. The molecule has 0 bridgehead atoms. The second-order valence-electron chi connectivity index (χ2n) is 2.65. The first-order chi connectivity index (χ1) is 6.15. The molecule has 0 radical (unpaired) electrons. The monoisotopic (exact) mass is 241 g/mol. The van der Waals surface area contributed by atoms with Gasteiger partial charge in [0.25, 0.3) is 0 Å². The van der Waals surface area contributed by atoms with Crippen LogP contribution in [-0.4, -0.2) is 5.78 Å². The van der Waals surface area contributed by atoms with E-state index in [1.165, 1.54) is 6.92 Å². The van der Waals surface area contributed by atoms with Gasteiger partial charge in [-0.25, -0.2) is 0 Å². The summed E-state index contributed by atoms with van der Waals surface area (Å²) in [6.07, 6.45) is 0. The molecular weight excluding hydrogens is 234 g/mol. The summed E-state index contributed by atoms with van der Waals surface area (Å²) in [4.78, 5) is 21.0. The van der Waals surface area contributed by atoms with Crippen molar-refractivity contribution in [3.05, 3.63) is 38.7 Å². The second-order valence-corrected chi connectivity index (χ2v) is 3.50. The predicted molar refractivity (Wildman–Crippen MR) is 53.6 cm³/mol. The van der Waals surface area contributed by atoms with Gasteiger partial charge < -0.3 is 0 Å². The Morgan fingerprint density at radius 2 is 2.23 bits per heavy atom.